The minimum atomic E-state index is -2.44. The summed E-state index contributed by atoms with van der Waals surface area (Å²) in [5, 5.41) is 21.5. The molecule has 2 amide bonds. The van der Waals surface area contributed by atoms with Gasteiger partial charge in [-0.05, 0) is 24.8 Å². The van der Waals surface area contributed by atoms with Crippen molar-refractivity contribution < 1.29 is 23.5 Å². The van der Waals surface area contributed by atoms with Gasteiger partial charge in [0.1, 0.15) is 12.1 Å². The smallest absolute Gasteiger partial charge is 0.251 e. The molecule has 1 aromatic heterocycles. The highest BCUT2D eigenvalue weighted by Gasteiger charge is 2.45. The molecule has 0 bridgehead atoms. The van der Waals surface area contributed by atoms with Crippen molar-refractivity contribution in [1.82, 2.24) is 30.1 Å². The average Bonchev–Trinajstić information content (AvgIpc) is 3.33. The fraction of sp³-hybridized carbons (Fsp3) is 0.818. The lowest BCUT2D eigenvalue weighted by atomic mass is 9.85. The first kappa shape index (κ1) is 25.5. The van der Waals surface area contributed by atoms with E-state index in [4.69, 9.17) is 0 Å². The SMILES string of the molecule is CCN(CCNC(=O)[C@@H]1C[C@@H](O)CN1C(=O)[C@@H](n1cc(C2CC2)nn1)C(C)(C)C)CC(F)F. The fourth-order valence-corrected chi connectivity index (χ4v) is 4.35. The highest BCUT2D eigenvalue weighted by molar-refractivity contribution is 5.90. The maximum Gasteiger partial charge on any atom is 0.251 e. The Kier molecular flexibility index (Phi) is 8.04. The Bertz CT molecular complexity index is 823. The molecule has 1 saturated heterocycles. The third-order valence-corrected chi connectivity index (χ3v) is 6.28. The van der Waals surface area contributed by atoms with Crippen LogP contribution in [0.25, 0.3) is 0 Å². The van der Waals surface area contributed by atoms with Crippen LogP contribution in [0.15, 0.2) is 6.20 Å². The van der Waals surface area contributed by atoms with Crippen molar-refractivity contribution in [1.29, 1.82) is 0 Å². The van der Waals surface area contributed by atoms with Crippen LogP contribution >= 0.6 is 0 Å². The van der Waals surface area contributed by atoms with E-state index in [0.717, 1.165) is 18.5 Å². The molecule has 0 radical (unpaired) electrons. The Balaban J connectivity index is 1.69. The van der Waals surface area contributed by atoms with E-state index in [1.807, 2.05) is 27.0 Å². The number of hydrogen-bond acceptors (Lipinski definition) is 6. The monoisotopic (exact) mass is 470 g/mol. The number of hydrogen-bond donors (Lipinski definition) is 2. The summed E-state index contributed by atoms with van der Waals surface area (Å²) >= 11 is 0. The maximum absolute atomic E-state index is 13.7. The Labute approximate surface area is 193 Å². The predicted octanol–water partition coefficient (Wildman–Crippen LogP) is 1.41. The molecule has 186 valence electrons. The van der Waals surface area contributed by atoms with Gasteiger partial charge in [-0.3, -0.25) is 14.5 Å². The number of aliphatic hydroxyl groups excluding tert-OH is 1. The number of aromatic nitrogens is 3. The molecule has 9 nitrogen and oxygen atoms in total. The number of aliphatic hydroxyl groups is 1. The zero-order chi connectivity index (χ0) is 24.3. The summed E-state index contributed by atoms with van der Waals surface area (Å²) in [4.78, 5) is 29.5. The third kappa shape index (κ3) is 6.47. The molecule has 3 rings (SSSR count). The lowest BCUT2D eigenvalue weighted by molar-refractivity contribution is -0.144. The molecule has 2 aliphatic rings. The lowest BCUT2D eigenvalue weighted by Crippen LogP contribution is -2.51. The molecule has 0 aromatic carbocycles. The Hall–Kier alpha value is -2.14. The van der Waals surface area contributed by atoms with Gasteiger partial charge in [0.25, 0.3) is 6.43 Å². The van der Waals surface area contributed by atoms with Crippen molar-refractivity contribution in [3.8, 4) is 0 Å². The number of amides is 2. The quantitative estimate of drug-likeness (QED) is 0.536. The van der Waals surface area contributed by atoms with Gasteiger partial charge in [-0.2, -0.15) is 0 Å². The van der Waals surface area contributed by atoms with E-state index in [1.165, 1.54) is 4.90 Å². The van der Waals surface area contributed by atoms with Crippen molar-refractivity contribution in [2.45, 2.75) is 77.5 Å². The summed E-state index contributed by atoms with van der Waals surface area (Å²) in [6.07, 6.45) is 0.836. The molecule has 2 fully saturated rings. The van der Waals surface area contributed by atoms with Gasteiger partial charge in [0.05, 0.1) is 18.3 Å². The molecule has 3 atom stereocenters. The molecule has 1 aliphatic carbocycles. The van der Waals surface area contributed by atoms with Gasteiger partial charge in [-0.25, -0.2) is 13.5 Å². The highest BCUT2D eigenvalue weighted by Crippen LogP contribution is 2.40. The van der Waals surface area contributed by atoms with Crippen molar-refractivity contribution in [3.63, 3.8) is 0 Å². The van der Waals surface area contributed by atoms with E-state index in [1.54, 1.807) is 16.5 Å². The van der Waals surface area contributed by atoms with Crippen LogP contribution < -0.4 is 5.32 Å². The van der Waals surface area contributed by atoms with Crippen LogP contribution in [0.5, 0.6) is 0 Å². The minimum absolute atomic E-state index is 0.0557. The van der Waals surface area contributed by atoms with E-state index in [-0.39, 0.29) is 38.5 Å². The summed E-state index contributed by atoms with van der Waals surface area (Å²) in [6, 6.07) is -1.51. The summed E-state index contributed by atoms with van der Waals surface area (Å²) in [7, 11) is 0. The number of alkyl halides is 2. The second-order valence-corrected chi connectivity index (χ2v) is 10.1. The van der Waals surface area contributed by atoms with Crippen molar-refractivity contribution in [3.05, 3.63) is 11.9 Å². The normalized spacial score (nSPS) is 22.3. The Morgan fingerprint density at radius 2 is 2.03 bits per heavy atom. The average molecular weight is 471 g/mol. The van der Waals surface area contributed by atoms with E-state index >= 15 is 0 Å². The maximum atomic E-state index is 13.7. The molecular weight excluding hydrogens is 434 g/mol. The van der Waals surface area contributed by atoms with Crippen LogP contribution in [-0.2, 0) is 9.59 Å². The summed E-state index contributed by atoms with van der Waals surface area (Å²) in [5.74, 6) is -0.286. The number of likely N-dealkylation sites (N-methyl/N-ethyl adjacent to an activating group) is 1. The highest BCUT2D eigenvalue weighted by atomic mass is 19.3. The van der Waals surface area contributed by atoms with Crippen LogP contribution in [0.4, 0.5) is 8.78 Å². The van der Waals surface area contributed by atoms with Gasteiger partial charge >= 0.3 is 0 Å². The second-order valence-electron chi connectivity index (χ2n) is 10.1. The number of likely N-dealkylation sites (tertiary alicyclic amines) is 1. The number of nitrogens with one attached hydrogen (secondary N) is 1. The minimum Gasteiger partial charge on any atom is -0.391 e. The molecule has 0 spiro atoms. The van der Waals surface area contributed by atoms with Gasteiger partial charge < -0.3 is 15.3 Å². The number of rotatable bonds is 10. The first-order chi connectivity index (χ1) is 15.5. The molecule has 2 N–H and O–H groups in total. The van der Waals surface area contributed by atoms with Gasteiger partial charge in [-0.15, -0.1) is 5.10 Å². The zero-order valence-electron chi connectivity index (χ0n) is 19.9. The molecule has 33 heavy (non-hydrogen) atoms. The van der Waals surface area contributed by atoms with E-state index in [9.17, 15) is 23.5 Å². The fourth-order valence-electron chi connectivity index (χ4n) is 4.35. The molecule has 0 unspecified atom stereocenters. The second kappa shape index (κ2) is 10.4. The van der Waals surface area contributed by atoms with E-state index < -0.39 is 35.9 Å². The number of halogens is 2. The van der Waals surface area contributed by atoms with Crippen LogP contribution in [0, 0.1) is 5.41 Å². The number of carbonyl (C=O) groups excluding carboxylic acids is 2. The van der Waals surface area contributed by atoms with Crippen molar-refractivity contribution in [2.24, 2.45) is 5.41 Å². The summed E-state index contributed by atoms with van der Waals surface area (Å²) < 4.78 is 26.9. The first-order valence-corrected chi connectivity index (χ1v) is 11.7. The van der Waals surface area contributed by atoms with Gasteiger partial charge in [-0.1, -0.05) is 32.9 Å². The number of β-amino-alcohol motifs (C(OH)–C–C–N with tert-alkyl or cyclic N) is 1. The van der Waals surface area contributed by atoms with Crippen LogP contribution in [0.3, 0.4) is 0 Å². The molecule has 1 aromatic rings. The zero-order valence-corrected chi connectivity index (χ0v) is 19.9. The Morgan fingerprint density at radius 3 is 2.61 bits per heavy atom. The molecule has 1 aliphatic heterocycles. The topological polar surface area (TPSA) is 104 Å². The summed E-state index contributed by atoms with van der Waals surface area (Å²) in [6.45, 7) is 8.18. The largest absolute Gasteiger partial charge is 0.391 e. The van der Waals surface area contributed by atoms with E-state index in [2.05, 4.69) is 15.6 Å². The molecule has 1 saturated carbocycles. The molecule has 11 heteroatoms. The Morgan fingerprint density at radius 1 is 1.33 bits per heavy atom. The van der Waals surface area contributed by atoms with Crippen molar-refractivity contribution >= 4 is 11.8 Å². The van der Waals surface area contributed by atoms with Crippen LogP contribution in [0.2, 0.25) is 0 Å². The van der Waals surface area contributed by atoms with Crippen molar-refractivity contribution in [2.75, 3.05) is 32.7 Å². The van der Waals surface area contributed by atoms with Crippen LogP contribution in [0.1, 0.15) is 64.6 Å². The lowest BCUT2D eigenvalue weighted by Gasteiger charge is -2.34. The van der Waals surface area contributed by atoms with Gasteiger partial charge in [0.2, 0.25) is 11.8 Å². The standard InChI is InChI=1S/C22H36F2N6O3/c1-5-28(13-18(23)24)9-8-25-20(32)17-10-15(31)11-29(17)21(33)19(22(2,3)4)30-12-16(26-27-30)14-6-7-14/h12,14-15,17-19,31H,5-11,13H2,1-4H3,(H,25,32)/t15-,17+,19-/m1/s1. The molecule has 2 heterocycles. The predicted molar refractivity (Wildman–Crippen MR) is 118 cm³/mol. The van der Waals surface area contributed by atoms with E-state index in [0.29, 0.717) is 12.5 Å². The first-order valence-electron chi connectivity index (χ1n) is 11.7. The van der Waals surface area contributed by atoms with Gasteiger partial charge in [0, 0.05) is 38.2 Å². The third-order valence-electron chi connectivity index (χ3n) is 6.28. The van der Waals surface area contributed by atoms with Gasteiger partial charge in [0.15, 0.2) is 0 Å². The number of carbonyl (C=O) groups is 2. The molecular formula is C22H36F2N6O3. The van der Waals surface area contributed by atoms with Crippen LogP contribution in [-0.4, -0.2) is 93.0 Å². The summed E-state index contributed by atoms with van der Waals surface area (Å²) in [5.41, 5.74) is 0.369. The number of nitrogens with zero attached hydrogens (tertiary/aromatic N) is 5.